The summed E-state index contributed by atoms with van der Waals surface area (Å²) in [6, 6.07) is 12.4. The van der Waals surface area contributed by atoms with E-state index in [1.165, 1.54) is 5.56 Å². The maximum atomic E-state index is 6.42. The summed E-state index contributed by atoms with van der Waals surface area (Å²) in [7, 11) is 0. The van der Waals surface area contributed by atoms with Gasteiger partial charge in [0.2, 0.25) is 11.4 Å². The summed E-state index contributed by atoms with van der Waals surface area (Å²) in [5, 5.41) is 1.75. The van der Waals surface area contributed by atoms with Crippen molar-refractivity contribution in [2.24, 2.45) is 0 Å². The molecule has 4 aromatic rings. The van der Waals surface area contributed by atoms with Crippen LogP contribution in [0.4, 0.5) is 0 Å². The Bertz CT molecular complexity index is 1140. The Morgan fingerprint density at radius 3 is 2.46 bits per heavy atom. The predicted octanol–water partition coefficient (Wildman–Crippen LogP) is 3.76. The van der Waals surface area contributed by atoms with Gasteiger partial charge in [-0.15, -0.1) is 9.13 Å². The summed E-state index contributed by atoms with van der Waals surface area (Å²) in [4.78, 5) is 8.87. The first-order valence-electron chi connectivity index (χ1n) is 8.46. The average molecular weight is 363 g/mol. The number of aryl methyl sites for hydroxylation is 2. The molecule has 0 N–H and O–H groups in total. The minimum atomic E-state index is 0.619. The van der Waals surface area contributed by atoms with E-state index in [2.05, 4.69) is 57.3 Å². The van der Waals surface area contributed by atoms with E-state index in [1.807, 2.05) is 37.5 Å². The zero-order chi connectivity index (χ0) is 18.3. The molecule has 3 aromatic heterocycles. The van der Waals surface area contributed by atoms with Crippen LogP contribution < -0.4 is 9.13 Å². The van der Waals surface area contributed by atoms with Crippen LogP contribution in [0.3, 0.4) is 0 Å². The van der Waals surface area contributed by atoms with Crippen LogP contribution in [0.25, 0.3) is 22.3 Å². The lowest BCUT2D eigenvalue weighted by Crippen LogP contribution is -2.49. The third-order valence-electron chi connectivity index (χ3n) is 4.49. The molecule has 4 rings (SSSR count). The van der Waals surface area contributed by atoms with Gasteiger partial charge in [-0.3, -0.25) is 4.98 Å². The van der Waals surface area contributed by atoms with Crippen LogP contribution in [0.15, 0.2) is 61.2 Å². The molecule has 4 nitrogen and oxygen atoms in total. The highest BCUT2D eigenvalue weighted by molar-refractivity contribution is 6.31. The van der Waals surface area contributed by atoms with Crippen molar-refractivity contribution in [1.29, 1.82) is 0 Å². The SMILES string of the molecule is Cc1cc(-[n+]2ccc[n+](-c3cc(C)ncc3Cl)c2C)c2ncccc2c1. The highest BCUT2D eigenvalue weighted by Gasteiger charge is 2.26. The van der Waals surface area contributed by atoms with Crippen molar-refractivity contribution in [2.45, 2.75) is 20.8 Å². The molecule has 0 atom stereocenters. The largest absolute Gasteiger partial charge is 0.426 e. The van der Waals surface area contributed by atoms with Crippen LogP contribution in [0.1, 0.15) is 17.1 Å². The lowest BCUT2D eigenvalue weighted by molar-refractivity contribution is -0.745. The highest BCUT2D eigenvalue weighted by Crippen LogP contribution is 2.20. The Morgan fingerprint density at radius 2 is 1.65 bits per heavy atom. The van der Waals surface area contributed by atoms with Gasteiger partial charge in [-0.1, -0.05) is 17.7 Å². The number of aromatic nitrogens is 4. The zero-order valence-corrected chi connectivity index (χ0v) is 15.7. The summed E-state index contributed by atoms with van der Waals surface area (Å²) >= 11 is 6.42. The molecule has 0 fully saturated rings. The first-order chi connectivity index (χ1) is 12.5. The van der Waals surface area contributed by atoms with Crippen LogP contribution in [0.5, 0.6) is 0 Å². The van der Waals surface area contributed by atoms with Crippen LogP contribution in [-0.2, 0) is 0 Å². The number of hydrogen-bond donors (Lipinski definition) is 0. The van der Waals surface area contributed by atoms with Crippen LogP contribution in [-0.4, -0.2) is 9.97 Å². The summed E-state index contributed by atoms with van der Waals surface area (Å²) in [6.45, 7) is 6.14. The van der Waals surface area contributed by atoms with Gasteiger partial charge < -0.3 is 0 Å². The Balaban J connectivity index is 2.00. The molecule has 3 heterocycles. The fourth-order valence-corrected chi connectivity index (χ4v) is 3.46. The molecule has 5 heteroatoms. The molecule has 0 aliphatic carbocycles. The van der Waals surface area contributed by atoms with Crippen LogP contribution in [0, 0.1) is 20.8 Å². The second-order valence-electron chi connectivity index (χ2n) is 6.41. The zero-order valence-electron chi connectivity index (χ0n) is 14.9. The number of hydrogen-bond acceptors (Lipinski definition) is 2. The smallest absolute Gasteiger partial charge is 0.260 e. The monoisotopic (exact) mass is 362 g/mol. The number of fused-ring (bicyclic) bond motifs is 1. The maximum Gasteiger partial charge on any atom is 0.426 e. The Labute approximate surface area is 157 Å². The molecule has 0 spiro atoms. The number of nitrogens with zero attached hydrogens (tertiary/aromatic N) is 4. The van der Waals surface area contributed by atoms with Gasteiger partial charge in [0.05, 0.1) is 19.2 Å². The molecule has 0 amide bonds. The van der Waals surface area contributed by atoms with Gasteiger partial charge in [-0.2, -0.15) is 0 Å². The quantitative estimate of drug-likeness (QED) is 0.509. The molecular formula is C21H19ClN4+2. The van der Waals surface area contributed by atoms with Crippen molar-refractivity contribution >= 4 is 22.5 Å². The Hall–Kier alpha value is -2.85. The standard InChI is InChI=1S/C21H19ClN4/c1-14-10-17-6-4-7-23-21(17)20(11-14)26-9-5-8-25(16(26)3)19-12-15(2)24-13-18(19)22/h4-13H,1-3H3/q+2. The normalized spacial score (nSPS) is 11.1. The molecule has 26 heavy (non-hydrogen) atoms. The van der Waals surface area contributed by atoms with E-state index in [-0.39, 0.29) is 0 Å². The van der Waals surface area contributed by atoms with E-state index in [4.69, 9.17) is 11.6 Å². The molecule has 0 aliphatic rings. The molecule has 0 aliphatic heterocycles. The number of halogens is 1. The van der Waals surface area contributed by atoms with Gasteiger partial charge in [-0.25, -0.2) is 4.98 Å². The average Bonchev–Trinajstić information content (AvgIpc) is 2.63. The number of benzene rings is 1. The van der Waals surface area contributed by atoms with E-state index in [0.29, 0.717) is 5.02 Å². The third kappa shape index (κ3) is 2.82. The van der Waals surface area contributed by atoms with Crippen molar-refractivity contribution < 1.29 is 9.13 Å². The molecule has 1 aromatic carbocycles. The highest BCUT2D eigenvalue weighted by atomic mass is 35.5. The molecule has 0 bridgehead atoms. The third-order valence-corrected chi connectivity index (χ3v) is 4.78. The van der Waals surface area contributed by atoms with E-state index in [9.17, 15) is 0 Å². The Kier molecular flexibility index (Phi) is 4.13. The van der Waals surface area contributed by atoms with E-state index >= 15 is 0 Å². The van der Waals surface area contributed by atoms with E-state index < -0.39 is 0 Å². The molecule has 128 valence electrons. The molecule has 0 saturated carbocycles. The van der Waals surface area contributed by atoms with Crippen molar-refractivity contribution in [1.82, 2.24) is 9.97 Å². The van der Waals surface area contributed by atoms with Crippen molar-refractivity contribution in [3.8, 4) is 11.4 Å². The van der Waals surface area contributed by atoms with Gasteiger partial charge in [0.15, 0.2) is 12.4 Å². The second kappa shape index (κ2) is 6.46. The van der Waals surface area contributed by atoms with E-state index in [0.717, 1.165) is 33.8 Å². The lowest BCUT2D eigenvalue weighted by atomic mass is 10.1. The van der Waals surface area contributed by atoms with Crippen LogP contribution in [0.2, 0.25) is 5.02 Å². The fraction of sp³-hybridized carbons (Fsp3) is 0.143. The molecular weight excluding hydrogens is 344 g/mol. The molecule has 0 saturated heterocycles. The van der Waals surface area contributed by atoms with E-state index in [1.54, 1.807) is 6.20 Å². The van der Waals surface area contributed by atoms with Crippen molar-refractivity contribution in [2.75, 3.05) is 0 Å². The second-order valence-corrected chi connectivity index (χ2v) is 6.82. The van der Waals surface area contributed by atoms with Crippen molar-refractivity contribution in [3.63, 3.8) is 0 Å². The minimum absolute atomic E-state index is 0.619. The predicted molar refractivity (Wildman–Crippen MR) is 102 cm³/mol. The summed E-state index contributed by atoms with van der Waals surface area (Å²) in [6.07, 6.45) is 7.59. The van der Waals surface area contributed by atoms with Gasteiger partial charge in [-0.05, 0) is 31.5 Å². The van der Waals surface area contributed by atoms with Crippen molar-refractivity contribution in [3.05, 3.63) is 83.3 Å². The van der Waals surface area contributed by atoms with Gasteiger partial charge in [0.25, 0.3) is 0 Å². The maximum absolute atomic E-state index is 6.42. The summed E-state index contributed by atoms with van der Waals surface area (Å²) < 4.78 is 4.22. The number of pyridine rings is 2. The first kappa shape index (κ1) is 16.6. The van der Waals surface area contributed by atoms with Crippen LogP contribution >= 0.6 is 11.6 Å². The van der Waals surface area contributed by atoms with Gasteiger partial charge >= 0.3 is 5.82 Å². The topological polar surface area (TPSA) is 33.5 Å². The Morgan fingerprint density at radius 1 is 0.885 bits per heavy atom. The summed E-state index contributed by atoms with van der Waals surface area (Å²) in [5.41, 5.74) is 5.06. The number of rotatable bonds is 2. The molecule has 0 unspecified atom stereocenters. The summed E-state index contributed by atoms with van der Waals surface area (Å²) in [5.74, 6) is 1.03. The first-order valence-corrected chi connectivity index (χ1v) is 8.83. The lowest BCUT2D eigenvalue weighted by Gasteiger charge is -2.05. The van der Waals surface area contributed by atoms with Gasteiger partial charge in [0.1, 0.15) is 10.5 Å². The minimum Gasteiger partial charge on any atom is -0.260 e. The molecule has 0 radical (unpaired) electrons. The van der Waals surface area contributed by atoms with Gasteiger partial charge in [0, 0.05) is 29.4 Å². The fourth-order valence-electron chi connectivity index (χ4n) is 3.27.